The van der Waals surface area contributed by atoms with Crippen LogP contribution in [0.25, 0.3) is 0 Å². The van der Waals surface area contributed by atoms with Crippen LogP contribution in [0, 0.1) is 6.92 Å². The molecule has 3 heteroatoms. The van der Waals surface area contributed by atoms with E-state index in [-0.39, 0.29) is 0 Å². The van der Waals surface area contributed by atoms with Crippen molar-refractivity contribution < 1.29 is 9.90 Å². The molecule has 1 aromatic carbocycles. The Balaban J connectivity index is 2.11. The number of pyridine rings is 1. The molecule has 98 valence electrons. The number of hydrogen-bond donors (Lipinski definition) is 1. The van der Waals surface area contributed by atoms with Crippen molar-refractivity contribution in [3.63, 3.8) is 0 Å². The maximum atomic E-state index is 11.4. The minimum absolute atomic E-state index is 0.470. The SMILES string of the molecule is Cc1cccc(C(CCc2ccccn2)C(=O)O)c1. The lowest BCUT2D eigenvalue weighted by Crippen LogP contribution is -2.13. The summed E-state index contributed by atoms with van der Waals surface area (Å²) in [6.45, 7) is 1.97. The number of aromatic nitrogens is 1. The van der Waals surface area contributed by atoms with Gasteiger partial charge in [-0.15, -0.1) is 0 Å². The fourth-order valence-corrected chi connectivity index (χ4v) is 2.16. The van der Waals surface area contributed by atoms with Gasteiger partial charge in [0.1, 0.15) is 0 Å². The molecule has 19 heavy (non-hydrogen) atoms. The van der Waals surface area contributed by atoms with Gasteiger partial charge in [0, 0.05) is 11.9 Å². The first-order chi connectivity index (χ1) is 9.16. The molecular weight excluding hydrogens is 238 g/mol. The van der Waals surface area contributed by atoms with Crippen LogP contribution >= 0.6 is 0 Å². The van der Waals surface area contributed by atoms with Crippen molar-refractivity contribution in [2.24, 2.45) is 0 Å². The Hall–Kier alpha value is -2.16. The summed E-state index contributed by atoms with van der Waals surface area (Å²) < 4.78 is 0. The van der Waals surface area contributed by atoms with E-state index < -0.39 is 11.9 Å². The minimum Gasteiger partial charge on any atom is -0.481 e. The maximum Gasteiger partial charge on any atom is 0.310 e. The Morgan fingerprint density at radius 2 is 2.11 bits per heavy atom. The first-order valence-corrected chi connectivity index (χ1v) is 6.36. The predicted octanol–water partition coefficient (Wildman–Crippen LogP) is 3.19. The van der Waals surface area contributed by atoms with Crippen molar-refractivity contribution in [3.05, 3.63) is 65.5 Å². The highest BCUT2D eigenvalue weighted by molar-refractivity contribution is 5.76. The molecule has 1 heterocycles. The second kappa shape index (κ2) is 6.14. The third kappa shape index (κ3) is 3.65. The molecule has 0 amide bonds. The first-order valence-electron chi connectivity index (χ1n) is 6.36. The third-order valence-corrected chi connectivity index (χ3v) is 3.16. The number of nitrogens with zero attached hydrogens (tertiary/aromatic N) is 1. The standard InChI is InChI=1S/C16H17NO2/c1-12-5-4-6-13(11-12)15(16(18)19)9-8-14-7-2-3-10-17-14/h2-7,10-11,15H,8-9H2,1H3,(H,18,19). The Morgan fingerprint density at radius 3 is 2.74 bits per heavy atom. The number of carboxylic acids is 1. The molecule has 0 bridgehead atoms. The molecule has 2 rings (SSSR count). The van der Waals surface area contributed by atoms with Crippen LogP contribution in [0.3, 0.4) is 0 Å². The molecule has 1 atom stereocenters. The summed E-state index contributed by atoms with van der Waals surface area (Å²) in [5.41, 5.74) is 2.88. The summed E-state index contributed by atoms with van der Waals surface area (Å²) in [7, 11) is 0. The quantitative estimate of drug-likeness (QED) is 0.892. The first kappa shape index (κ1) is 13.3. The molecule has 0 aliphatic carbocycles. The Kier molecular flexibility index (Phi) is 4.29. The summed E-state index contributed by atoms with van der Waals surface area (Å²) in [5.74, 6) is -1.25. The number of rotatable bonds is 5. The van der Waals surface area contributed by atoms with Gasteiger partial charge in [0.15, 0.2) is 0 Å². The average molecular weight is 255 g/mol. The monoisotopic (exact) mass is 255 g/mol. The second-order valence-corrected chi connectivity index (χ2v) is 4.66. The van der Waals surface area contributed by atoms with E-state index in [1.165, 1.54) is 0 Å². The second-order valence-electron chi connectivity index (χ2n) is 4.66. The summed E-state index contributed by atoms with van der Waals surface area (Å²) in [6, 6.07) is 13.4. The number of benzene rings is 1. The number of carbonyl (C=O) groups is 1. The van der Waals surface area contributed by atoms with Gasteiger partial charge in [-0.2, -0.15) is 0 Å². The van der Waals surface area contributed by atoms with Gasteiger partial charge in [0.25, 0.3) is 0 Å². The van der Waals surface area contributed by atoms with E-state index in [0.29, 0.717) is 12.8 Å². The van der Waals surface area contributed by atoms with Gasteiger partial charge in [-0.3, -0.25) is 9.78 Å². The predicted molar refractivity (Wildman–Crippen MR) is 74.1 cm³/mol. The minimum atomic E-state index is -0.776. The highest BCUT2D eigenvalue weighted by Gasteiger charge is 2.19. The number of carboxylic acid groups (broad SMARTS) is 1. The zero-order chi connectivity index (χ0) is 13.7. The Morgan fingerprint density at radius 1 is 1.26 bits per heavy atom. The van der Waals surface area contributed by atoms with Gasteiger partial charge in [0.2, 0.25) is 0 Å². The summed E-state index contributed by atoms with van der Waals surface area (Å²) >= 11 is 0. The number of aryl methyl sites for hydroxylation is 2. The summed E-state index contributed by atoms with van der Waals surface area (Å²) in [6.07, 6.45) is 2.97. The van der Waals surface area contributed by atoms with E-state index in [0.717, 1.165) is 16.8 Å². The van der Waals surface area contributed by atoms with Gasteiger partial charge in [-0.25, -0.2) is 0 Å². The van der Waals surface area contributed by atoms with E-state index >= 15 is 0 Å². The van der Waals surface area contributed by atoms with Crippen molar-refractivity contribution in [2.75, 3.05) is 0 Å². The van der Waals surface area contributed by atoms with Crippen molar-refractivity contribution in [2.45, 2.75) is 25.7 Å². The van der Waals surface area contributed by atoms with Crippen LogP contribution in [-0.4, -0.2) is 16.1 Å². The van der Waals surface area contributed by atoms with E-state index in [4.69, 9.17) is 0 Å². The van der Waals surface area contributed by atoms with Crippen LogP contribution in [-0.2, 0) is 11.2 Å². The molecule has 3 nitrogen and oxygen atoms in total. The molecule has 0 spiro atoms. The van der Waals surface area contributed by atoms with Crippen LogP contribution in [0.1, 0.15) is 29.2 Å². The van der Waals surface area contributed by atoms with E-state index in [2.05, 4.69) is 4.98 Å². The van der Waals surface area contributed by atoms with Gasteiger partial charge in [-0.05, 0) is 37.5 Å². The van der Waals surface area contributed by atoms with Crippen molar-refractivity contribution in [1.82, 2.24) is 4.98 Å². The normalized spacial score (nSPS) is 12.1. The highest BCUT2D eigenvalue weighted by atomic mass is 16.4. The zero-order valence-electron chi connectivity index (χ0n) is 10.9. The van der Waals surface area contributed by atoms with Crippen molar-refractivity contribution in [3.8, 4) is 0 Å². The smallest absolute Gasteiger partial charge is 0.310 e. The van der Waals surface area contributed by atoms with Gasteiger partial charge in [-0.1, -0.05) is 35.9 Å². The van der Waals surface area contributed by atoms with Gasteiger partial charge in [0.05, 0.1) is 5.92 Å². The van der Waals surface area contributed by atoms with Crippen LogP contribution in [0.4, 0.5) is 0 Å². The zero-order valence-corrected chi connectivity index (χ0v) is 10.9. The topological polar surface area (TPSA) is 50.2 Å². The molecule has 2 aromatic rings. The van der Waals surface area contributed by atoms with E-state index in [1.54, 1.807) is 6.20 Å². The van der Waals surface area contributed by atoms with Crippen LogP contribution < -0.4 is 0 Å². The average Bonchev–Trinajstić information content (AvgIpc) is 2.40. The molecule has 1 unspecified atom stereocenters. The van der Waals surface area contributed by atoms with Crippen molar-refractivity contribution >= 4 is 5.97 Å². The molecule has 0 aliphatic heterocycles. The van der Waals surface area contributed by atoms with E-state index in [9.17, 15) is 9.90 Å². The lowest BCUT2D eigenvalue weighted by atomic mass is 9.92. The maximum absolute atomic E-state index is 11.4. The molecule has 0 aliphatic rings. The molecule has 0 radical (unpaired) electrons. The Labute approximate surface area is 112 Å². The molecule has 1 aromatic heterocycles. The lowest BCUT2D eigenvalue weighted by molar-refractivity contribution is -0.138. The lowest BCUT2D eigenvalue weighted by Gasteiger charge is -2.13. The summed E-state index contributed by atoms with van der Waals surface area (Å²) in [4.78, 5) is 15.6. The molecule has 1 N–H and O–H groups in total. The highest BCUT2D eigenvalue weighted by Crippen LogP contribution is 2.22. The molecule has 0 saturated heterocycles. The largest absolute Gasteiger partial charge is 0.481 e. The van der Waals surface area contributed by atoms with Crippen LogP contribution in [0.2, 0.25) is 0 Å². The van der Waals surface area contributed by atoms with Gasteiger partial charge >= 0.3 is 5.97 Å². The molecular formula is C16H17NO2. The van der Waals surface area contributed by atoms with Crippen LogP contribution in [0.5, 0.6) is 0 Å². The number of aliphatic carboxylic acids is 1. The summed E-state index contributed by atoms with van der Waals surface area (Å²) in [5, 5.41) is 9.38. The number of hydrogen-bond acceptors (Lipinski definition) is 2. The third-order valence-electron chi connectivity index (χ3n) is 3.16. The van der Waals surface area contributed by atoms with Crippen molar-refractivity contribution in [1.29, 1.82) is 0 Å². The molecule has 0 fully saturated rings. The fraction of sp³-hybridized carbons (Fsp3) is 0.250. The van der Waals surface area contributed by atoms with Crippen LogP contribution in [0.15, 0.2) is 48.7 Å². The van der Waals surface area contributed by atoms with Gasteiger partial charge < -0.3 is 5.11 Å². The molecule has 0 saturated carbocycles. The fourth-order valence-electron chi connectivity index (χ4n) is 2.16. The van der Waals surface area contributed by atoms with E-state index in [1.807, 2.05) is 49.4 Å². The Bertz CT molecular complexity index is 552.